The summed E-state index contributed by atoms with van der Waals surface area (Å²) in [5.74, 6) is -1.34. The van der Waals surface area contributed by atoms with Crippen molar-refractivity contribution in [3.8, 4) is 0 Å². The van der Waals surface area contributed by atoms with Crippen LogP contribution in [0.25, 0.3) is 0 Å². The first-order valence-corrected chi connectivity index (χ1v) is 5.52. The molecule has 102 valence electrons. The molecule has 0 amide bonds. The highest BCUT2D eigenvalue weighted by Crippen LogP contribution is 2.12. The van der Waals surface area contributed by atoms with E-state index in [1.165, 1.54) is 24.4 Å². The molecule has 0 fully saturated rings. The van der Waals surface area contributed by atoms with Crippen LogP contribution in [0.3, 0.4) is 0 Å². The Balaban J connectivity index is 1.94. The number of nitrogens with zero attached hydrogens (tertiary/aromatic N) is 2. The van der Waals surface area contributed by atoms with Gasteiger partial charge in [0.25, 0.3) is 0 Å². The third kappa shape index (κ3) is 3.54. The molecule has 0 aliphatic carbocycles. The van der Waals surface area contributed by atoms with E-state index in [0.717, 1.165) is 6.07 Å². The predicted octanol–water partition coefficient (Wildman–Crippen LogP) is 2.85. The Bertz CT molecular complexity index is 533. The first-order chi connectivity index (χ1) is 9.06. The summed E-state index contributed by atoms with van der Waals surface area (Å²) in [6.45, 7) is -2.41. The molecule has 2 rings (SSSR count). The Hall–Kier alpha value is -1.89. The zero-order valence-corrected chi connectivity index (χ0v) is 9.78. The van der Waals surface area contributed by atoms with Gasteiger partial charge in [-0.25, -0.2) is 13.5 Å². The Labute approximate surface area is 106 Å². The van der Waals surface area contributed by atoms with E-state index in [2.05, 4.69) is 10.4 Å². The highest BCUT2D eigenvalue weighted by Gasteiger charge is 2.10. The van der Waals surface area contributed by atoms with Crippen molar-refractivity contribution in [3.63, 3.8) is 0 Å². The van der Waals surface area contributed by atoms with Crippen molar-refractivity contribution < 1.29 is 17.6 Å². The molecule has 0 saturated heterocycles. The van der Waals surface area contributed by atoms with E-state index in [1.54, 1.807) is 0 Å². The van der Waals surface area contributed by atoms with Crippen LogP contribution in [0.15, 0.2) is 30.5 Å². The van der Waals surface area contributed by atoms with Crippen molar-refractivity contribution in [2.75, 3.05) is 0 Å². The van der Waals surface area contributed by atoms with Gasteiger partial charge in [0.15, 0.2) is 0 Å². The lowest BCUT2D eigenvalue weighted by Crippen LogP contribution is -2.17. The maximum Gasteiger partial charge on any atom is 0.333 e. The topological polar surface area (TPSA) is 29.9 Å². The van der Waals surface area contributed by atoms with Crippen LogP contribution in [0.4, 0.5) is 17.6 Å². The number of aromatic nitrogens is 2. The Morgan fingerprint density at radius 2 is 1.79 bits per heavy atom. The number of hydrogen-bond donors (Lipinski definition) is 1. The normalized spacial score (nSPS) is 11.2. The first kappa shape index (κ1) is 13.5. The molecular weight excluding hydrogens is 262 g/mol. The standard InChI is InChI=1S/C12H11F4N3/c13-9-3-8(4-10(14)5-9)6-17-7-11-1-2-18-19(11)12(15)16/h1-5,12,17H,6-7H2. The minimum absolute atomic E-state index is 0.127. The highest BCUT2D eigenvalue weighted by atomic mass is 19.3. The van der Waals surface area contributed by atoms with Crippen molar-refractivity contribution in [1.82, 2.24) is 15.1 Å². The zero-order chi connectivity index (χ0) is 13.8. The molecule has 0 aliphatic rings. The van der Waals surface area contributed by atoms with Crippen LogP contribution in [-0.2, 0) is 13.1 Å². The summed E-state index contributed by atoms with van der Waals surface area (Å²) in [4.78, 5) is 0. The number of halogens is 4. The smallest absolute Gasteiger partial charge is 0.307 e. The molecule has 3 nitrogen and oxygen atoms in total. The summed E-state index contributed by atoms with van der Waals surface area (Å²) >= 11 is 0. The van der Waals surface area contributed by atoms with E-state index >= 15 is 0 Å². The predicted molar refractivity (Wildman–Crippen MR) is 60.4 cm³/mol. The molecule has 0 unspecified atom stereocenters. The average Bonchev–Trinajstić information content (AvgIpc) is 2.76. The summed E-state index contributed by atoms with van der Waals surface area (Å²) in [5.41, 5.74) is 0.701. The number of alkyl halides is 2. The fourth-order valence-corrected chi connectivity index (χ4v) is 1.71. The fraction of sp³-hybridized carbons (Fsp3) is 0.250. The van der Waals surface area contributed by atoms with E-state index in [1.807, 2.05) is 0 Å². The Morgan fingerprint density at radius 3 is 2.42 bits per heavy atom. The van der Waals surface area contributed by atoms with Crippen molar-refractivity contribution in [2.45, 2.75) is 19.6 Å². The van der Waals surface area contributed by atoms with Gasteiger partial charge in [0.05, 0.1) is 5.69 Å². The Kier molecular flexibility index (Phi) is 4.16. The lowest BCUT2D eigenvalue weighted by atomic mass is 10.2. The minimum Gasteiger partial charge on any atom is -0.307 e. The minimum atomic E-state index is -2.71. The molecule has 1 aromatic carbocycles. The van der Waals surface area contributed by atoms with Crippen LogP contribution in [0.5, 0.6) is 0 Å². The monoisotopic (exact) mass is 273 g/mol. The van der Waals surface area contributed by atoms with Gasteiger partial charge in [-0.15, -0.1) is 0 Å². The van der Waals surface area contributed by atoms with Crippen molar-refractivity contribution in [2.24, 2.45) is 0 Å². The second-order valence-electron chi connectivity index (χ2n) is 3.93. The molecule has 1 heterocycles. The number of nitrogens with one attached hydrogen (secondary N) is 1. The summed E-state index contributed by atoms with van der Waals surface area (Å²) in [7, 11) is 0. The van der Waals surface area contributed by atoms with Gasteiger partial charge < -0.3 is 5.32 Å². The highest BCUT2D eigenvalue weighted by molar-refractivity contribution is 5.17. The van der Waals surface area contributed by atoms with Crippen LogP contribution in [-0.4, -0.2) is 9.78 Å². The third-order valence-electron chi connectivity index (χ3n) is 2.49. The second kappa shape index (κ2) is 5.83. The van der Waals surface area contributed by atoms with Gasteiger partial charge in [0, 0.05) is 25.4 Å². The average molecular weight is 273 g/mol. The molecule has 0 radical (unpaired) electrons. The van der Waals surface area contributed by atoms with Crippen LogP contribution in [0.2, 0.25) is 0 Å². The third-order valence-corrected chi connectivity index (χ3v) is 2.49. The quantitative estimate of drug-likeness (QED) is 0.849. The van der Waals surface area contributed by atoms with Gasteiger partial charge in [-0.1, -0.05) is 0 Å². The molecular formula is C12H11F4N3. The maximum atomic E-state index is 12.9. The van der Waals surface area contributed by atoms with Crippen LogP contribution in [0, 0.1) is 11.6 Å². The SMILES string of the molecule is Fc1cc(F)cc(CNCc2ccnn2C(F)F)c1. The molecule has 2 aromatic rings. The second-order valence-corrected chi connectivity index (χ2v) is 3.93. The molecule has 0 bridgehead atoms. The number of benzene rings is 1. The fourth-order valence-electron chi connectivity index (χ4n) is 1.71. The molecule has 0 aliphatic heterocycles. The van der Waals surface area contributed by atoms with Gasteiger partial charge >= 0.3 is 6.55 Å². The van der Waals surface area contributed by atoms with E-state index in [0.29, 0.717) is 15.9 Å². The molecule has 1 aromatic heterocycles. The van der Waals surface area contributed by atoms with Crippen molar-refractivity contribution in [1.29, 1.82) is 0 Å². The van der Waals surface area contributed by atoms with Gasteiger partial charge in [-0.3, -0.25) is 0 Å². The summed E-state index contributed by atoms with van der Waals surface area (Å²) in [6, 6.07) is 4.58. The van der Waals surface area contributed by atoms with Crippen LogP contribution >= 0.6 is 0 Å². The maximum absolute atomic E-state index is 12.9. The van der Waals surface area contributed by atoms with Crippen molar-refractivity contribution >= 4 is 0 Å². The largest absolute Gasteiger partial charge is 0.333 e. The Morgan fingerprint density at radius 1 is 1.11 bits per heavy atom. The van der Waals surface area contributed by atoms with E-state index < -0.39 is 18.2 Å². The molecule has 1 N–H and O–H groups in total. The van der Waals surface area contributed by atoms with Crippen LogP contribution in [0.1, 0.15) is 17.8 Å². The molecule has 19 heavy (non-hydrogen) atoms. The van der Waals surface area contributed by atoms with Gasteiger partial charge in [-0.05, 0) is 23.8 Å². The molecule has 0 spiro atoms. The lowest BCUT2D eigenvalue weighted by Gasteiger charge is -2.08. The number of hydrogen-bond acceptors (Lipinski definition) is 2. The van der Waals surface area contributed by atoms with E-state index in [9.17, 15) is 17.6 Å². The summed E-state index contributed by atoms with van der Waals surface area (Å²) in [6.07, 6.45) is 1.27. The summed E-state index contributed by atoms with van der Waals surface area (Å²) in [5, 5.41) is 6.30. The van der Waals surface area contributed by atoms with Gasteiger partial charge in [0.1, 0.15) is 11.6 Å². The summed E-state index contributed by atoms with van der Waals surface area (Å²) < 4.78 is 51.4. The van der Waals surface area contributed by atoms with Crippen LogP contribution < -0.4 is 5.32 Å². The molecule has 0 saturated carbocycles. The van der Waals surface area contributed by atoms with Gasteiger partial charge in [0.2, 0.25) is 0 Å². The van der Waals surface area contributed by atoms with Gasteiger partial charge in [-0.2, -0.15) is 13.9 Å². The first-order valence-electron chi connectivity index (χ1n) is 5.52. The van der Waals surface area contributed by atoms with E-state index in [-0.39, 0.29) is 13.1 Å². The number of rotatable bonds is 5. The lowest BCUT2D eigenvalue weighted by molar-refractivity contribution is 0.0531. The zero-order valence-electron chi connectivity index (χ0n) is 9.78. The molecule has 0 atom stereocenters. The van der Waals surface area contributed by atoms with E-state index in [4.69, 9.17) is 0 Å². The van der Waals surface area contributed by atoms with Crippen molar-refractivity contribution in [3.05, 3.63) is 53.4 Å². The molecule has 7 heteroatoms.